The standard InChI is InChI=1S/C13H18FNS/c1-13(14,12-6-7-16-9-12)11-4-2-10(8-15)3-5-11/h2-5,12H,6-9,15H2,1H3. The lowest BCUT2D eigenvalue weighted by Crippen LogP contribution is -2.27. The lowest BCUT2D eigenvalue weighted by atomic mass is 9.84. The molecule has 0 amide bonds. The summed E-state index contributed by atoms with van der Waals surface area (Å²) < 4.78 is 14.7. The number of hydrogen-bond acceptors (Lipinski definition) is 2. The molecule has 2 unspecified atom stereocenters. The maximum absolute atomic E-state index is 14.7. The highest BCUT2D eigenvalue weighted by Crippen LogP contribution is 2.41. The largest absolute Gasteiger partial charge is 0.326 e. The smallest absolute Gasteiger partial charge is 0.136 e. The summed E-state index contributed by atoms with van der Waals surface area (Å²) in [6.07, 6.45) is 0.982. The first-order valence-corrected chi connectivity index (χ1v) is 6.86. The summed E-state index contributed by atoms with van der Waals surface area (Å²) in [7, 11) is 0. The lowest BCUT2D eigenvalue weighted by Gasteiger charge is -2.27. The van der Waals surface area contributed by atoms with Gasteiger partial charge in [0.2, 0.25) is 0 Å². The summed E-state index contributed by atoms with van der Waals surface area (Å²) in [5, 5.41) is 0. The Bertz CT molecular complexity index is 341. The van der Waals surface area contributed by atoms with E-state index in [-0.39, 0.29) is 5.92 Å². The van der Waals surface area contributed by atoms with Crippen LogP contribution < -0.4 is 5.73 Å². The molecular formula is C13H18FNS. The second kappa shape index (κ2) is 4.76. The van der Waals surface area contributed by atoms with Gasteiger partial charge in [-0.15, -0.1) is 0 Å². The third kappa shape index (κ3) is 2.25. The van der Waals surface area contributed by atoms with Crippen LogP contribution >= 0.6 is 11.8 Å². The quantitative estimate of drug-likeness (QED) is 0.877. The first-order chi connectivity index (χ1) is 7.64. The fraction of sp³-hybridized carbons (Fsp3) is 0.538. The molecule has 0 bridgehead atoms. The van der Waals surface area contributed by atoms with E-state index in [9.17, 15) is 4.39 Å². The SMILES string of the molecule is CC(F)(c1ccc(CN)cc1)C1CCSC1. The van der Waals surface area contributed by atoms with Gasteiger partial charge >= 0.3 is 0 Å². The number of rotatable bonds is 3. The number of alkyl halides is 1. The molecule has 1 aromatic carbocycles. The number of hydrogen-bond donors (Lipinski definition) is 1. The van der Waals surface area contributed by atoms with E-state index in [4.69, 9.17) is 5.73 Å². The fourth-order valence-corrected chi connectivity index (χ4v) is 3.55. The molecule has 0 spiro atoms. The van der Waals surface area contributed by atoms with Gasteiger partial charge in [-0.05, 0) is 36.0 Å². The van der Waals surface area contributed by atoms with Crippen molar-refractivity contribution in [2.45, 2.75) is 25.6 Å². The van der Waals surface area contributed by atoms with Crippen LogP contribution in [0.3, 0.4) is 0 Å². The molecule has 1 nitrogen and oxygen atoms in total. The molecule has 88 valence electrons. The summed E-state index contributed by atoms with van der Waals surface area (Å²) in [5.74, 6) is 2.18. The van der Waals surface area contributed by atoms with E-state index < -0.39 is 5.67 Å². The maximum Gasteiger partial charge on any atom is 0.136 e. The van der Waals surface area contributed by atoms with Crippen molar-refractivity contribution in [2.75, 3.05) is 11.5 Å². The predicted octanol–water partition coefficient (Wildman–Crippen LogP) is 3.08. The van der Waals surface area contributed by atoms with Crippen molar-refractivity contribution in [3.05, 3.63) is 35.4 Å². The highest BCUT2D eigenvalue weighted by Gasteiger charge is 2.37. The van der Waals surface area contributed by atoms with Crippen molar-refractivity contribution < 1.29 is 4.39 Å². The van der Waals surface area contributed by atoms with Crippen LogP contribution in [0, 0.1) is 5.92 Å². The summed E-state index contributed by atoms with van der Waals surface area (Å²) in [4.78, 5) is 0. The van der Waals surface area contributed by atoms with Crippen molar-refractivity contribution in [1.82, 2.24) is 0 Å². The minimum Gasteiger partial charge on any atom is -0.326 e. The second-order valence-electron chi connectivity index (χ2n) is 4.54. The summed E-state index contributed by atoms with van der Waals surface area (Å²) in [6, 6.07) is 7.61. The first kappa shape index (κ1) is 11.9. The molecule has 0 aliphatic carbocycles. The molecule has 0 aromatic heterocycles. The normalized spacial score (nSPS) is 24.3. The minimum atomic E-state index is -1.20. The first-order valence-electron chi connectivity index (χ1n) is 5.70. The van der Waals surface area contributed by atoms with Crippen molar-refractivity contribution in [3.63, 3.8) is 0 Å². The van der Waals surface area contributed by atoms with E-state index in [1.165, 1.54) is 0 Å². The zero-order chi connectivity index (χ0) is 11.6. The molecule has 0 saturated carbocycles. The summed E-state index contributed by atoms with van der Waals surface area (Å²) in [6.45, 7) is 2.23. The van der Waals surface area contributed by atoms with Gasteiger partial charge in [0.05, 0.1) is 0 Å². The van der Waals surface area contributed by atoms with Crippen molar-refractivity contribution in [3.8, 4) is 0 Å². The minimum absolute atomic E-state index is 0.154. The molecule has 2 N–H and O–H groups in total. The second-order valence-corrected chi connectivity index (χ2v) is 5.69. The van der Waals surface area contributed by atoms with Crippen LogP contribution in [0.25, 0.3) is 0 Å². The Kier molecular flexibility index (Phi) is 3.55. The molecule has 1 aliphatic rings. The molecule has 16 heavy (non-hydrogen) atoms. The van der Waals surface area contributed by atoms with Gasteiger partial charge in [-0.25, -0.2) is 4.39 Å². The van der Waals surface area contributed by atoms with Crippen LogP contribution in [-0.2, 0) is 12.2 Å². The summed E-state index contributed by atoms with van der Waals surface area (Å²) >= 11 is 1.85. The molecule has 1 aliphatic heterocycles. The lowest BCUT2D eigenvalue weighted by molar-refractivity contribution is 0.116. The van der Waals surface area contributed by atoms with Gasteiger partial charge in [-0.1, -0.05) is 24.3 Å². The zero-order valence-corrected chi connectivity index (χ0v) is 10.4. The van der Waals surface area contributed by atoms with Gasteiger partial charge < -0.3 is 5.73 Å². The molecule has 3 heteroatoms. The van der Waals surface area contributed by atoms with E-state index in [0.717, 1.165) is 29.1 Å². The molecule has 1 aromatic rings. The van der Waals surface area contributed by atoms with Gasteiger partial charge in [-0.2, -0.15) is 11.8 Å². The van der Waals surface area contributed by atoms with E-state index in [0.29, 0.717) is 6.54 Å². The maximum atomic E-state index is 14.7. The topological polar surface area (TPSA) is 26.0 Å². The number of benzene rings is 1. The Balaban J connectivity index is 2.20. The predicted molar refractivity (Wildman–Crippen MR) is 68.2 cm³/mol. The van der Waals surface area contributed by atoms with Crippen molar-refractivity contribution in [1.29, 1.82) is 0 Å². The molecule has 2 atom stereocenters. The highest BCUT2D eigenvalue weighted by molar-refractivity contribution is 7.99. The van der Waals surface area contributed by atoms with Gasteiger partial charge in [0.15, 0.2) is 0 Å². The van der Waals surface area contributed by atoms with E-state index >= 15 is 0 Å². The molecule has 1 saturated heterocycles. The summed E-state index contributed by atoms with van der Waals surface area (Å²) in [5.41, 5.74) is 6.18. The van der Waals surface area contributed by atoms with Crippen LogP contribution in [0.4, 0.5) is 4.39 Å². The van der Waals surface area contributed by atoms with Gasteiger partial charge in [0, 0.05) is 12.5 Å². The fourth-order valence-electron chi connectivity index (χ4n) is 2.16. The Labute approximate surface area is 101 Å². The van der Waals surface area contributed by atoms with Gasteiger partial charge in [-0.3, -0.25) is 0 Å². The van der Waals surface area contributed by atoms with E-state index in [1.807, 2.05) is 36.0 Å². The van der Waals surface area contributed by atoms with Gasteiger partial charge in [0.1, 0.15) is 5.67 Å². The Morgan fingerprint density at radius 2 is 2.12 bits per heavy atom. The van der Waals surface area contributed by atoms with Crippen LogP contribution in [0.5, 0.6) is 0 Å². The molecule has 2 rings (SSSR count). The number of thioether (sulfide) groups is 1. The Morgan fingerprint density at radius 1 is 1.44 bits per heavy atom. The highest BCUT2D eigenvalue weighted by atomic mass is 32.2. The van der Waals surface area contributed by atoms with Crippen LogP contribution in [-0.4, -0.2) is 11.5 Å². The average Bonchev–Trinajstić information content (AvgIpc) is 2.83. The van der Waals surface area contributed by atoms with Crippen LogP contribution in [0.15, 0.2) is 24.3 Å². The Hall–Kier alpha value is -0.540. The van der Waals surface area contributed by atoms with Crippen molar-refractivity contribution in [2.24, 2.45) is 11.7 Å². The number of nitrogens with two attached hydrogens (primary N) is 1. The van der Waals surface area contributed by atoms with E-state index in [2.05, 4.69) is 0 Å². The van der Waals surface area contributed by atoms with Gasteiger partial charge in [0.25, 0.3) is 0 Å². The molecule has 1 fully saturated rings. The molecule has 1 heterocycles. The Morgan fingerprint density at radius 3 is 2.62 bits per heavy atom. The third-order valence-electron chi connectivity index (χ3n) is 3.45. The third-order valence-corrected chi connectivity index (χ3v) is 4.61. The average molecular weight is 239 g/mol. The zero-order valence-electron chi connectivity index (χ0n) is 9.58. The van der Waals surface area contributed by atoms with Crippen LogP contribution in [0.1, 0.15) is 24.5 Å². The number of halogens is 1. The monoisotopic (exact) mass is 239 g/mol. The van der Waals surface area contributed by atoms with Crippen molar-refractivity contribution >= 4 is 11.8 Å². The van der Waals surface area contributed by atoms with Crippen LogP contribution in [0.2, 0.25) is 0 Å². The van der Waals surface area contributed by atoms with E-state index in [1.54, 1.807) is 6.92 Å². The molecular weight excluding hydrogens is 221 g/mol. The molecule has 0 radical (unpaired) electrons.